The lowest BCUT2D eigenvalue weighted by Gasteiger charge is -2.35. The van der Waals surface area contributed by atoms with Crippen molar-refractivity contribution in [2.24, 2.45) is 0 Å². The topological polar surface area (TPSA) is 95.9 Å². The predicted octanol–water partition coefficient (Wildman–Crippen LogP) is 1.58. The van der Waals surface area contributed by atoms with Crippen LogP contribution in [0.15, 0.2) is 35.2 Å². The molecule has 0 aliphatic carbocycles. The maximum atomic E-state index is 13.1. The van der Waals surface area contributed by atoms with Gasteiger partial charge in [0.15, 0.2) is 0 Å². The minimum absolute atomic E-state index is 0.243. The fraction of sp³-hybridized carbons (Fsp3) is 0.476. The molecular formula is C21H25F2N5O4S. The maximum absolute atomic E-state index is 13.1. The number of morpholine rings is 1. The summed E-state index contributed by atoms with van der Waals surface area (Å²) in [6.07, 6.45) is 0. The van der Waals surface area contributed by atoms with Gasteiger partial charge in [0, 0.05) is 51.0 Å². The van der Waals surface area contributed by atoms with E-state index in [1.165, 1.54) is 23.1 Å². The molecule has 2 fully saturated rings. The van der Waals surface area contributed by atoms with Gasteiger partial charge in [-0.1, -0.05) is 12.1 Å². The first-order valence-corrected chi connectivity index (χ1v) is 12.2. The van der Waals surface area contributed by atoms with Crippen LogP contribution in [-0.4, -0.2) is 87.4 Å². The Bertz CT molecular complexity index is 1120. The Kier molecular flexibility index (Phi) is 6.75. The monoisotopic (exact) mass is 481 g/mol. The van der Waals surface area contributed by atoms with Gasteiger partial charge in [-0.2, -0.15) is 13.8 Å². The van der Waals surface area contributed by atoms with Crippen LogP contribution < -0.4 is 9.80 Å². The molecular weight excluding hydrogens is 456 g/mol. The van der Waals surface area contributed by atoms with Gasteiger partial charge in [-0.3, -0.25) is 4.79 Å². The van der Waals surface area contributed by atoms with Crippen LogP contribution in [0.1, 0.15) is 16.1 Å². The highest BCUT2D eigenvalue weighted by molar-refractivity contribution is 7.91. The molecule has 33 heavy (non-hydrogen) atoms. The number of amides is 1. The van der Waals surface area contributed by atoms with Crippen molar-refractivity contribution in [2.75, 3.05) is 62.3 Å². The van der Waals surface area contributed by atoms with Crippen molar-refractivity contribution in [2.45, 2.75) is 17.6 Å². The van der Waals surface area contributed by atoms with Gasteiger partial charge < -0.3 is 19.4 Å². The molecule has 178 valence electrons. The van der Waals surface area contributed by atoms with Crippen molar-refractivity contribution >= 4 is 27.5 Å². The number of carbonyl (C=O) groups is 1. The van der Waals surface area contributed by atoms with E-state index in [-0.39, 0.29) is 18.7 Å². The number of nitrogens with zero attached hydrogens (tertiary/aromatic N) is 5. The zero-order chi connectivity index (χ0) is 23.6. The fourth-order valence-corrected chi connectivity index (χ4v) is 4.82. The number of sulfone groups is 1. The summed E-state index contributed by atoms with van der Waals surface area (Å²) >= 11 is 0. The van der Waals surface area contributed by atoms with Crippen LogP contribution in [0.4, 0.5) is 20.5 Å². The van der Waals surface area contributed by atoms with E-state index >= 15 is 0 Å². The highest BCUT2D eigenvalue weighted by Gasteiger charge is 2.33. The minimum atomic E-state index is -4.89. The number of hydrogen-bond acceptors (Lipinski definition) is 8. The SMILES string of the molecule is Cc1cc(N2CCOCC2)nc(N2CCN(C(=O)c3ccccc3S(=O)(=O)C(F)F)CC2)n1. The molecule has 0 bridgehead atoms. The third-order valence-corrected chi connectivity index (χ3v) is 7.11. The molecule has 0 atom stereocenters. The van der Waals surface area contributed by atoms with E-state index in [9.17, 15) is 22.0 Å². The molecule has 0 radical (unpaired) electrons. The molecule has 4 rings (SSSR count). The van der Waals surface area contributed by atoms with Gasteiger partial charge in [0.05, 0.1) is 23.7 Å². The van der Waals surface area contributed by atoms with Crippen LogP contribution >= 0.6 is 0 Å². The summed E-state index contributed by atoms with van der Waals surface area (Å²) in [4.78, 5) is 27.1. The van der Waals surface area contributed by atoms with Gasteiger partial charge in [0.2, 0.25) is 15.8 Å². The Labute approximate surface area is 190 Å². The van der Waals surface area contributed by atoms with E-state index in [0.717, 1.165) is 30.7 Å². The number of alkyl halides is 2. The number of benzene rings is 1. The summed E-state index contributed by atoms with van der Waals surface area (Å²) in [5, 5.41) is 0. The van der Waals surface area contributed by atoms with Crippen molar-refractivity contribution in [3.05, 3.63) is 41.6 Å². The second-order valence-corrected chi connectivity index (χ2v) is 9.73. The Hall–Kier alpha value is -2.86. The number of ether oxygens (including phenoxy) is 1. The number of aryl methyl sites for hydroxylation is 1. The summed E-state index contributed by atoms with van der Waals surface area (Å²) in [6.45, 7) is 6.11. The van der Waals surface area contributed by atoms with E-state index in [0.29, 0.717) is 32.3 Å². The van der Waals surface area contributed by atoms with Gasteiger partial charge in [-0.05, 0) is 19.1 Å². The van der Waals surface area contributed by atoms with E-state index in [1.807, 2.05) is 17.9 Å². The minimum Gasteiger partial charge on any atom is -0.378 e. The molecule has 2 aliphatic rings. The molecule has 2 saturated heterocycles. The average molecular weight is 482 g/mol. The molecule has 12 heteroatoms. The first-order chi connectivity index (χ1) is 15.8. The Morgan fingerprint density at radius 3 is 2.33 bits per heavy atom. The van der Waals surface area contributed by atoms with Gasteiger partial charge in [0.25, 0.3) is 5.91 Å². The van der Waals surface area contributed by atoms with Crippen LogP contribution in [0.2, 0.25) is 0 Å². The zero-order valence-electron chi connectivity index (χ0n) is 18.2. The quantitative estimate of drug-likeness (QED) is 0.635. The van der Waals surface area contributed by atoms with Crippen LogP contribution in [0, 0.1) is 6.92 Å². The number of anilines is 2. The molecule has 1 aromatic heterocycles. The third-order valence-electron chi connectivity index (χ3n) is 5.67. The molecule has 1 amide bonds. The zero-order valence-corrected chi connectivity index (χ0v) is 19.0. The number of halogens is 2. The molecule has 9 nitrogen and oxygen atoms in total. The average Bonchev–Trinajstić information content (AvgIpc) is 2.84. The van der Waals surface area contributed by atoms with Crippen molar-refractivity contribution in [1.82, 2.24) is 14.9 Å². The van der Waals surface area contributed by atoms with Gasteiger partial charge in [-0.25, -0.2) is 13.4 Å². The predicted molar refractivity (Wildman–Crippen MR) is 118 cm³/mol. The smallest absolute Gasteiger partial charge is 0.341 e. The molecule has 2 aromatic rings. The Morgan fingerprint density at radius 1 is 1.00 bits per heavy atom. The van der Waals surface area contributed by atoms with Crippen LogP contribution in [-0.2, 0) is 14.6 Å². The van der Waals surface area contributed by atoms with Crippen LogP contribution in [0.25, 0.3) is 0 Å². The standard InChI is InChI=1S/C21H25F2N5O4S/c1-15-14-18(26-10-12-32-13-11-26)25-21(24-15)28-8-6-27(7-9-28)19(29)16-4-2-3-5-17(16)33(30,31)20(22)23/h2-5,14,20H,6-13H2,1H3. The number of piperazine rings is 1. The largest absolute Gasteiger partial charge is 0.378 e. The lowest BCUT2D eigenvalue weighted by molar-refractivity contribution is 0.0742. The van der Waals surface area contributed by atoms with E-state index in [2.05, 4.69) is 9.88 Å². The van der Waals surface area contributed by atoms with E-state index < -0.39 is 26.4 Å². The van der Waals surface area contributed by atoms with Gasteiger partial charge in [0.1, 0.15) is 5.82 Å². The molecule has 0 unspecified atom stereocenters. The Morgan fingerprint density at radius 2 is 1.67 bits per heavy atom. The first-order valence-electron chi connectivity index (χ1n) is 10.6. The molecule has 2 aliphatic heterocycles. The molecule has 1 aromatic carbocycles. The second kappa shape index (κ2) is 9.56. The van der Waals surface area contributed by atoms with E-state index in [4.69, 9.17) is 9.72 Å². The summed E-state index contributed by atoms with van der Waals surface area (Å²) in [6, 6.07) is 7.02. The highest BCUT2D eigenvalue weighted by Crippen LogP contribution is 2.25. The second-order valence-electron chi connectivity index (χ2n) is 7.85. The van der Waals surface area contributed by atoms with Crippen molar-refractivity contribution in [3.8, 4) is 0 Å². The fourth-order valence-electron chi connectivity index (χ4n) is 3.90. The normalized spacial score (nSPS) is 17.5. The highest BCUT2D eigenvalue weighted by atomic mass is 32.2. The molecule has 0 spiro atoms. The van der Waals surface area contributed by atoms with Gasteiger partial charge in [-0.15, -0.1) is 0 Å². The maximum Gasteiger partial charge on any atom is 0.341 e. The van der Waals surface area contributed by atoms with E-state index in [1.54, 1.807) is 0 Å². The van der Waals surface area contributed by atoms with Crippen molar-refractivity contribution in [1.29, 1.82) is 0 Å². The van der Waals surface area contributed by atoms with Gasteiger partial charge >= 0.3 is 5.76 Å². The number of hydrogen-bond donors (Lipinski definition) is 0. The van der Waals surface area contributed by atoms with Crippen LogP contribution in [0.3, 0.4) is 0 Å². The lowest BCUT2D eigenvalue weighted by atomic mass is 10.2. The lowest BCUT2D eigenvalue weighted by Crippen LogP contribution is -2.49. The number of aromatic nitrogens is 2. The first kappa shape index (κ1) is 23.3. The molecule has 0 saturated carbocycles. The number of rotatable bonds is 5. The molecule has 0 N–H and O–H groups in total. The van der Waals surface area contributed by atoms with Crippen LogP contribution in [0.5, 0.6) is 0 Å². The number of carbonyl (C=O) groups excluding carboxylic acids is 1. The summed E-state index contributed by atoms with van der Waals surface area (Å²) in [5.74, 6) is -2.80. The third kappa shape index (κ3) is 4.91. The summed E-state index contributed by atoms with van der Waals surface area (Å²) in [5.41, 5.74) is 0.582. The Balaban J connectivity index is 1.48. The van der Waals surface area contributed by atoms with Crippen molar-refractivity contribution < 1.29 is 26.7 Å². The van der Waals surface area contributed by atoms with Crippen molar-refractivity contribution in [3.63, 3.8) is 0 Å². The molecule has 3 heterocycles. The summed E-state index contributed by atoms with van der Waals surface area (Å²) in [7, 11) is -4.89. The summed E-state index contributed by atoms with van der Waals surface area (Å²) < 4.78 is 55.6.